The van der Waals surface area contributed by atoms with Crippen molar-refractivity contribution in [1.82, 2.24) is 4.90 Å². The van der Waals surface area contributed by atoms with Crippen LogP contribution < -0.4 is 0 Å². The predicted octanol–water partition coefficient (Wildman–Crippen LogP) is 7.08. The quantitative estimate of drug-likeness (QED) is 0.200. The number of hydrogen-bond acceptors (Lipinski definition) is 3. The molecule has 0 aromatic heterocycles. The third kappa shape index (κ3) is 6.48. The number of carbonyl (C=O) groups excluding carboxylic acids is 3. The van der Waals surface area contributed by atoms with Gasteiger partial charge in [-0.15, -0.1) is 0 Å². The smallest absolute Gasteiger partial charge is 0.254 e. The van der Waals surface area contributed by atoms with Crippen LogP contribution in [-0.2, 0) is 4.79 Å². The molecular weight excluding hydrogens is 494 g/mol. The van der Waals surface area contributed by atoms with Crippen LogP contribution in [0.15, 0.2) is 126 Å². The SMILES string of the molecule is Cc1ccc(C(=O)/C=C/c2ccc(C(=O)N3C/C(=C\c4ccccc4)C(=O)/C(=C/c4ccccc4)C3)cc2)cc1. The first-order valence-electron chi connectivity index (χ1n) is 13.2. The van der Waals surface area contributed by atoms with Gasteiger partial charge in [-0.3, -0.25) is 14.4 Å². The number of allylic oxidation sites excluding steroid dienone is 1. The molecule has 1 amide bonds. The minimum absolute atomic E-state index is 0.0458. The number of amides is 1. The number of carbonyl (C=O) groups is 3. The number of ketones is 2. The Morgan fingerprint density at radius 1 is 0.625 bits per heavy atom. The van der Waals surface area contributed by atoms with Gasteiger partial charge in [0, 0.05) is 22.3 Å². The molecule has 196 valence electrons. The lowest BCUT2D eigenvalue weighted by Crippen LogP contribution is -2.41. The van der Waals surface area contributed by atoms with Crippen LogP contribution >= 0.6 is 0 Å². The highest BCUT2D eigenvalue weighted by Gasteiger charge is 2.29. The van der Waals surface area contributed by atoms with E-state index in [1.54, 1.807) is 29.2 Å². The molecule has 1 heterocycles. The van der Waals surface area contributed by atoms with Gasteiger partial charge in [0.2, 0.25) is 0 Å². The van der Waals surface area contributed by atoms with Gasteiger partial charge < -0.3 is 4.90 Å². The highest BCUT2D eigenvalue weighted by molar-refractivity contribution is 6.16. The second kappa shape index (κ2) is 12.2. The highest BCUT2D eigenvalue weighted by Crippen LogP contribution is 2.24. The fourth-order valence-corrected chi connectivity index (χ4v) is 4.59. The Morgan fingerprint density at radius 2 is 1.12 bits per heavy atom. The first kappa shape index (κ1) is 26.5. The topological polar surface area (TPSA) is 54.5 Å². The van der Waals surface area contributed by atoms with Crippen molar-refractivity contribution in [2.75, 3.05) is 13.1 Å². The fraction of sp³-hybridized carbons (Fsp3) is 0.0833. The van der Waals surface area contributed by atoms with E-state index < -0.39 is 0 Å². The maximum Gasteiger partial charge on any atom is 0.254 e. The molecule has 40 heavy (non-hydrogen) atoms. The van der Waals surface area contributed by atoms with E-state index in [1.165, 1.54) is 0 Å². The number of piperidine rings is 1. The maximum absolute atomic E-state index is 13.6. The molecule has 0 unspecified atom stereocenters. The summed E-state index contributed by atoms with van der Waals surface area (Å²) in [5, 5.41) is 0. The summed E-state index contributed by atoms with van der Waals surface area (Å²) in [4.78, 5) is 41.2. The number of rotatable bonds is 6. The average Bonchev–Trinajstić information content (AvgIpc) is 2.99. The maximum atomic E-state index is 13.6. The monoisotopic (exact) mass is 523 g/mol. The van der Waals surface area contributed by atoms with Gasteiger partial charge in [-0.2, -0.15) is 0 Å². The molecule has 0 spiro atoms. The molecule has 0 saturated carbocycles. The van der Waals surface area contributed by atoms with Gasteiger partial charge in [0.1, 0.15) is 0 Å². The first-order valence-corrected chi connectivity index (χ1v) is 13.2. The van der Waals surface area contributed by atoms with Crippen LogP contribution in [0.5, 0.6) is 0 Å². The lowest BCUT2D eigenvalue weighted by atomic mass is 9.93. The van der Waals surface area contributed by atoms with Crippen molar-refractivity contribution in [2.24, 2.45) is 0 Å². The summed E-state index contributed by atoms with van der Waals surface area (Å²) in [7, 11) is 0. The number of likely N-dealkylation sites (tertiary alicyclic amines) is 1. The largest absolute Gasteiger partial charge is 0.330 e. The van der Waals surface area contributed by atoms with Crippen LogP contribution in [0.4, 0.5) is 0 Å². The zero-order chi connectivity index (χ0) is 27.9. The summed E-state index contributed by atoms with van der Waals surface area (Å²) in [6.07, 6.45) is 7.01. The molecule has 4 nitrogen and oxygen atoms in total. The molecule has 0 bridgehead atoms. The number of benzene rings is 4. The Hall–Kier alpha value is -5.09. The lowest BCUT2D eigenvalue weighted by molar-refractivity contribution is -0.113. The van der Waals surface area contributed by atoms with Crippen LogP contribution in [0.1, 0.15) is 43.0 Å². The van der Waals surface area contributed by atoms with Crippen molar-refractivity contribution < 1.29 is 14.4 Å². The number of hydrogen-bond donors (Lipinski definition) is 0. The van der Waals surface area contributed by atoms with E-state index in [0.717, 1.165) is 22.3 Å². The van der Waals surface area contributed by atoms with E-state index in [2.05, 4.69) is 0 Å². The Balaban J connectivity index is 1.37. The summed E-state index contributed by atoms with van der Waals surface area (Å²) in [5.41, 5.74) is 6.04. The van der Waals surface area contributed by atoms with Gasteiger partial charge in [0.05, 0.1) is 13.1 Å². The normalized spacial score (nSPS) is 15.6. The average molecular weight is 524 g/mol. The molecular formula is C36H29NO3. The molecule has 4 aromatic rings. The van der Waals surface area contributed by atoms with E-state index in [-0.39, 0.29) is 30.6 Å². The molecule has 1 saturated heterocycles. The number of Topliss-reactive ketones (excluding diaryl/α,β-unsaturated/α-hetero) is 1. The lowest BCUT2D eigenvalue weighted by Gasteiger charge is -2.30. The summed E-state index contributed by atoms with van der Waals surface area (Å²) in [5.74, 6) is -0.277. The Kier molecular flexibility index (Phi) is 8.07. The molecule has 4 aromatic carbocycles. The zero-order valence-electron chi connectivity index (χ0n) is 22.3. The van der Waals surface area contributed by atoms with Gasteiger partial charge in [-0.25, -0.2) is 0 Å². The van der Waals surface area contributed by atoms with E-state index in [1.807, 2.05) is 116 Å². The molecule has 5 rings (SSSR count). The molecule has 0 atom stereocenters. The van der Waals surface area contributed by atoms with Crippen LogP contribution in [0.2, 0.25) is 0 Å². The third-order valence-electron chi connectivity index (χ3n) is 6.79. The second-order valence-corrected chi connectivity index (χ2v) is 9.84. The number of nitrogens with zero attached hydrogens (tertiary/aromatic N) is 1. The Morgan fingerprint density at radius 3 is 1.65 bits per heavy atom. The standard InChI is InChI=1S/C36H29NO3/c1-26-12-17-30(18-13-26)34(38)21-16-27-14-19-31(20-15-27)36(40)37-24-32(22-28-8-4-2-5-9-28)35(39)33(25-37)23-29-10-6-3-7-11-29/h2-23H,24-25H2,1H3/b21-16+,32-22+,33-23+. The van der Waals surface area contributed by atoms with Crippen molar-refractivity contribution in [3.05, 3.63) is 160 Å². The minimum Gasteiger partial charge on any atom is -0.330 e. The molecule has 1 aliphatic heterocycles. The van der Waals surface area contributed by atoms with E-state index >= 15 is 0 Å². The minimum atomic E-state index is -0.156. The summed E-state index contributed by atoms with van der Waals surface area (Å²) in [6.45, 7) is 2.44. The molecule has 0 N–H and O–H groups in total. The Labute approximate surface area is 234 Å². The zero-order valence-corrected chi connectivity index (χ0v) is 22.3. The van der Waals surface area contributed by atoms with Crippen molar-refractivity contribution in [2.45, 2.75) is 6.92 Å². The first-order chi connectivity index (χ1) is 19.5. The van der Waals surface area contributed by atoms with E-state index in [4.69, 9.17) is 0 Å². The van der Waals surface area contributed by atoms with Crippen molar-refractivity contribution in [3.63, 3.8) is 0 Å². The van der Waals surface area contributed by atoms with Crippen LogP contribution in [0.3, 0.4) is 0 Å². The molecule has 1 fully saturated rings. The molecule has 0 aliphatic carbocycles. The summed E-state index contributed by atoms with van der Waals surface area (Å²) in [6, 6.07) is 33.9. The van der Waals surface area contributed by atoms with Gasteiger partial charge >= 0.3 is 0 Å². The molecule has 0 radical (unpaired) electrons. The second-order valence-electron chi connectivity index (χ2n) is 9.84. The summed E-state index contributed by atoms with van der Waals surface area (Å²) >= 11 is 0. The highest BCUT2D eigenvalue weighted by atomic mass is 16.2. The van der Waals surface area contributed by atoms with Crippen LogP contribution in [0.25, 0.3) is 18.2 Å². The van der Waals surface area contributed by atoms with Gasteiger partial charge in [0.15, 0.2) is 11.6 Å². The van der Waals surface area contributed by atoms with Crippen LogP contribution in [0, 0.1) is 6.92 Å². The predicted molar refractivity (Wildman–Crippen MR) is 161 cm³/mol. The van der Waals surface area contributed by atoms with Gasteiger partial charge in [-0.1, -0.05) is 109 Å². The van der Waals surface area contributed by atoms with Crippen molar-refractivity contribution >= 4 is 35.7 Å². The van der Waals surface area contributed by atoms with Gasteiger partial charge in [-0.05, 0) is 54.0 Å². The van der Waals surface area contributed by atoms with Crippen molar-refractivity contribution in [1.29, 1.82) is 0 Å². The van der Waals surface area contributed by atoms with Gasteiger partial charge in [0.25, 0.3) is 5.91 Å². The molecule has 1 aliphatic rings. The third-order valence-corrected chi connectivity index (χ3v) is 6.79. The summed E-state index contributed by atoms with van der Waals surface area (Å²) < 4.78 is 0. The van der Waals surface area contributed by atoms with E-state index in [9.17, 15) is 14.4 Å². The fourth-order valence-electron chi connectivity index (χ4n) is 4.59. The Bertz CT molecular complexity index is 1550. The van der Waals surface area contributed by atoms with Crippen molar-refractivity contribution in [3.8, 4) is 0 Å². The molecule has 4 heteroatoms. The van der Waals surface area contributed by atoms with Crippen LogP contribution in [-0.4, -0.2) is 35.5 Å². The number of aryl methyl sites for hydroxylation is 1. The van der Waals surface area contributed by atoms with E-state index in [0.29, 0.717) is 22.3 Å².